The minimum atomic E-state index is 0.0848. The van der Waals surface area contributed by atoms with Crippen LogP contribution in [0.15, 0.2) is 58.5 Å². The van der Waals surface area contributed by atoms with Crippen molar-refractivity contribution in [2.24, 2.45) is 26.7 Å². The van der Waals surface area contributed by atoms with Crippen LogP contribution in [0.2, 0.25) is 0 Å². The van der Waals surface area contributed by atoms with Gasteiger partial charge in [0.2, 0.25) is 0 Å². The van der Waals surface area contributed by atoms with Gasteiger partial charge >= 0.3 is 0 Å². The van der Waals surface area contributed by atoms with Crippen molar-refractivity contribution >= 4 is 22.8 Å². The summed E-state index contributed by atoms with van der Waals surface area (Å²) < 4.78 is 0. The van der Waals surface area contributed by atoms with Crippen LogP contribution in [-0.4, -0.2) is 11.4 Å². The molecule has 2 nitrogen and oxygen atoms in total. The van der Waals surface area contributed by atoms with E-state index < -0.39 is 0 Å². The van der Waals surface area contributed by atoms with E-state index in [1.54, 1.807) is 0 Å². The van der Waals surface area contributed by atoms with Crippen molar-refractivity contribution in [1.29, 1.82) is 0 Å². The Morgan fingerprint density at radius 3 is 1.92 bits per heavy atom. The number of aryl methyl sites for hydroxylation is 2. The first kappa shape index (κ1) is 17.2. The highest BCUT2D eigenvalue weighted by Gasteiger charge is 2.63. The van der Waals surface area contributed by atoms with Crippen LogP contribution in [0.3, 0.4) is 0 Å². The van der Waals surface area contributed by atoms with Crippen LogP contribution in [0.4, 0.5) is 11.4 Å². The maximum absolute atomic E-state index is 5.20. The van der Waals surface area contributed by atoms with Crippen LogP contribution >= 0.6 is 0 Å². The molecular formula is C24H28N2. The smallest absolute Gasteiger partial charge is 0.0693 e. The Kier molecular flexibility index (Phi) is 3.91. The molecule has 2 saturated carbocycles. The quantitative estimate of drug-likeness (QED) is 0.586. The summed E-state index contributed by atoms with van der Waals surface area (Å²) in [7, 11) is 0. The van der Waals surface area contributed by atoms with Crippen molar-refractivity contribution in [3.8, 4) is 0 Å². The molecule has 4 rings (SSSR count). The maximum atomic E-state index is 5.20. The molecule has 0 heterocycles. The normalized spacial score (nSPS) is 29.7. The number of fused-ring (bicyclic) bond motifs is 2. The fourth-order valence-corrected chi connectivity index (χ4v) is 4.79. The lowest BCUT2D eigenvalue weighted by atomic mass is 9.70. The number of hydrogen-bond donors (Lipinski definition) is 0. The van der Waals surface area contributed by atoms with Gasteiger partial charge in [-0.15, -0.1) is 0 Å². The van der Waals surface area contributed by atoms with E-state index in [4.69, 9.17) is 9.98 Å². The lowest BCUT2D eigenvalue weighted by molar-refractivity contribution is 0.208. The van der Waals surface area contributed by atoms with E-state index >= 15 is 0 Å². The third-order valence-electron chi connectivity index (χ3n) is 7.03. The SMILES string of the molecule is Cc1ccccc1N=C1C(=Nc2ccccc2C)C2(C)CCC1C2(C)C. The first-order valence-corrected chi connectivity index (χ1v) is 9.64. The zero-order chi connectivity index (χ0) is 18.5. The average molecular weight is 345 g/mol. The molecule has 0 N–H and O–H groups in total. The topological polar surface area (TPSA) is 24.7 Å². The highest BCUT2D eigenvalue weighted by molar-refractivity contribution is 6.48. The zero-order valence-corrected chi connectivity index (χ0v) is 16.5. The predicted octanol–water partition coefficient (Wildman–Crippen LogP) is 6.60. The third kappa shape index (κ3) is 2.39. The first-order valence-electron chi connectivity index (χ1n) is 9.64. The predicted molar refractivity (Wildman–Crippen MR) is 111 cm³/mol. The Morgan fingerprint density at radius 1 is 0.808 bits per heavy atom. The lowest BCUT2D eigenvalue weighted by Crippen LogP contribution is -2.33. The minimum Gasteiger partial charge on any atom is -0.251 e. The van der Waals surface area contributed by atoms with Crippen molar-refractivity contribution in [2.75, 3.05) is 0 Å². The molecule has 2 aliphatic carbocycles. The van der Waals surface area contributed by atoms with Gasteiger partial charge in [-0.3, -0.25) is 9.98 Å². The van der Waals surface area contributed by atoms with E-state index in [2.05, 4.69) is 83.1 Å². The average Bonchev–Trinajstić information content (AvgIpc) is 2.92. The molecule has 26 heavy (non-hydrogen) atoms. The molecule has 2 fully saturated rings. The van der Waals surface area contributed by atoms with Gasteiger partial charge in [0.15, 0.2) is 0 Å². The van der Waals surface area contributed by atoms with E-state index in [0.29, 0.717) is 5.92 Å². The molecule has 0 radical (unpaired) electrons. The Labute approximate surface area is 157 Å². The molecule has 2 aliphatic rings. The molecule has 0 spiro atoms. The summed E-state index contributed by atoms with van der Waals surface area (Å²) >= 11 is 0. The summed E-state index contributed by atoms with van der Waals surface area (Å²) in [4.78, 5) is 10.4. The molecule has 2 heteroatoms. The number of benzene rings is 2. The van der Waals surface area contributed by atoms with Crippen LogP contribution in [0.25, 0.3) is 0 Å². The highest BCUT2D eigenvalue weighted by Crippen LogP contribution is 2.63. The molecule has 2 unspecified atom stereocenters. The summed E-state index contributed by atoms with van der Waals surface area (Å²) in [6.45, 7) is 11.5. The van der Waals surface area contributed by atoms with Crippen molar-refractivity contribution in [3.63, 3.8) is 0 Å². The van der Waals surface area contributed by atoms with Crippen LogP contribution in [0.5, 0.6) is 0 Å². The monoisotopic (exact) mass is 344 g/mol. The fraction of sp³-hybridized carbons (Fsp3) is 0.417. The molecule has 2 aromatic rings. The lowest BCUT2D eigenvalue weighted by Gasteiger charge is -2.33. The summed E-state index contributed by atoms with van der Waals surface area (Å²) in [5, 5.41) is 0. The van der Waals surface area contributed by atoms with Crippen molar-refractivity contribution in [2.45, 2.75) is 47.5 Å². The summed E-state index contributed by atoms with van der Waals surface area (Å²) in [6, 6.07) is 16.8. The molecular weight excluding hydrogens is 316 g/mol. The Hall–Kier alpha value is -2.22. The van der Waals surface area contributed by atoms with Gasteiger partial charge in [0, 0.05) is 11.3 Å². The second-order valence-electron chi connectivity index (χ2n) is 8.68. The van der Waals surface area contributed by atoms with Gasteiger partial charge in [-0.05, 0) is 55.4 Å². The summed E-state index contributed by atoms with van der Waals surface area (Å²) in [5.41, 5.74) is 7.28. The standard InChI is InChI=1S/C24H28N2/c1-16-10-6-8-12-19(16)25-21-18-14-15-24(5,23(18,3)4)22(21)26-20-13-9-7-11-17(20)2/h6-13,18H,14-15H2,1-5H3. The van der Waals surface area contributed by atoms with Gasteiger partial charge in [-0.1, -0.05) is 57.2 Å². The molecule has 0 aliphatic heterocycles. The molecule has 2 aromatic carbocycles. The van der Waals surface area contributed by atoms with Gasteiger partial charge in [-0.2, -0.15) is 0 Å². The van der Waals surface area contributed by atoms with Crippen molar-refractivity contribution < 1.29 is 0 Å². The molecule has 0 aromatic heterocycles. The summed E-state index contributed by atoms with van der Waals surface area (Å²) in [6.07, 6.45) is 2.41. The maximum Gasteiger partial charge on any atom is 0.0693 e. The fourth-order valence-electron chi connectivity index (χ4n) is 4.79. The van der Waals surface area contributed by atoms with Crippen molar-refractivity contribution in [3.05, 3.63) is 59.7 Å². The van der Waals surface area contributed by atoms with Crippen LogP contribution in [0, 0.1) is 30.6 Å². The van der Waals surface area contributed by atoms with Gasteiger partial charge in [0.1, 0.15) is 0 Å². The zero-order valence-electron chi connectivity index (χ0n) is 16.5. The molecule has 134 valence electrons. The Bertz CT molecular complexity index is 919. The minimum absolute atomic E-state index is 0.0848. The number of para-hydroxylation sites is 2. The van der Waals surface area contributed by atoms with E-state index in [-0.39, 0.29) is 10.8 Å². The first-order chi connectivity index (χ1) is 12.3. The van der Waals surface area contributed by atoms with E-state index in [0.717, 1.165) is 11.4 Å². The third-order valence-corrected chi connectivity index (χ3v) is 7.03. The van der Waals surface area contributed by atoms with Gasteiger partial charge in [0.25, 0.3) is 0 Å². The van der Waals surface area contributed by atoms with Crippen LogP contribution in [-0.2, 0) is 0 Å². The number of nitrogens with zero attached hydrogens (tertiary/aromatic N) is 2. The molecule has 2 atom stereocenters. The van der Waals surface area contributed by atoms with Crippen LogP contribution < -0.4 is 0 Å². The summed E-state index contributed by atoms with van der Waals surface area (Å²) in [5.74, 6) is 0.481. The van der Waals surface area contributed by atoms with Crippen LogP contribution in [0.1, 0.15) is 44.7 Å². The van der Waals surface area contributed by atoms with Gasteiger partial charge in [-0.25, -0.2) is 0 Å². The number of aliphatic imine (C=N–C) groups is 2. The molecule has 0 saturated heterocycles. The molecule has 0 amide bonds. The van der Waals surface area contributed by atoms with Crippen molar-refractivity contribution in [1.82, 2.24) is 0 Å². The number of rotatable bonds is 2. The number of hydrogen-bond acceptors (Lipinski definition) is 2. The Morgan fingerprint density at radius 2 is 1.35 bits per heavy atom. The second kappa shape index (κ2) is 5.90. The highest BCUT2D eigenvalue weighted by atomic mass is 14.9. The van der Waals surface area contributed by atoms with Gasteiger partial charge < -0.3 is 0 Å². The van der Waals surface area contributed by atoms with E-state index in [9.17, 15) is 0 Å². The molecule has 2 bridgehead atoms. The van der Waals surface area contributed by atoms with E-state index in [1.807, 2.05) is 0 Å². The Balaban J connectivity index is 1.92. The second-order valence-corrected chi connectivity index (χ2v) is 8.68. The van der Waals surface area contributed by atoms with Gasteiger partial charge in [0.05, 0.1) is 22.8 Å². The largest absolute Gasteiger partial charge is 0.251 e. The van der Waals surface area contributed by atoms with E-state index in [1.165, 1.54) is 35.4 Å².